The second-order valence-electron chi connectivity index (χ2n) is 3.61. The Morgan fingerprint density at radius 3 is 2.40 bits per heavy atom. The summed E-state index contributed by atoms with van der Waals surface area (Å²) in [6, 6.07) is 0. The number of hydrogen-bond acceptors (Lipinski definition) is 2. The predicted octanol–water partition coefficient (Wildman–Crippen LogP) is 0.916. The van der Waals surface area contributed by atoms with E-state index in [1.807, 2.05) is 0 Å². The fraction of sp³-hybridized carbons (Fsp3) is 0.875. The lowest BCUT2D eigenvalue weighted by atomic mass is 9.90. The number of carbonyl (C=O) groups is 1. The minimum atomic E-state index is 0.0851. The van der Waals surface area contributed by atoms with E-state index in [9.17, 15) is 4.79 Å². The van der Waals surface area contributed by atoms with Crippen LogP contribution in [0.15, 0.2) is 0 Å². The zero-order chi connectivity index (χ0) is 7.78. The van der Waals surface area contributed by atoms with E-state index >= 15 is 0 Å². The summed E-state index contributed by atoms with van der Waals surface area (Å²) in [5.74, 6) is 0.234. The number of rotatable bonds is 1. The van der Waals surface area contributed by atoms with Gasteiger partial charge in [-0.05, 0) is 33.9 Å². The van der Waals surface area contributed by atoms with E-state index in [0.717, 1.165) is 19.3 Å². The molecule has 10 heavy (non-hydrogen) atoms. The minimum Gasteiger partial charge on any atom is -0.303 e. The molecule has 0 spiro atoms. The van der Waals surface area contributed by atoms with Crippen LogP contribution in [0, 0.1) is 5.92 Å². The summed E-state index contributed by atoms with van der Waals surface area (Å²) >= 11 is 0. The van der Waals surface area contributed by atoms with Gasteiger partial charge >= 0.3 is 0 Å². The van der Waals surface area contributed by atoms with Crippen molar-refractivity contribution in [2.24, 2.45) is 5.92 Å². The smallest absolute Gasteiger partial charge is 0.124 e. The van der Waals surface area contributed by atoms with Crippen molar-refractivity contribution >= 4 is 6.29 Å². The van der Waals surface area contributed by atoms with Crippen LogP contribution in [0.1, 0.15) is 20.3 Å². The van der Waals surface area contributed by atoms with Crippen LogP contribution in [-0.2, 0) is 4.79 Å². The molecule has 0 aliphatic carbocycles. The third kappa shape index (κ3) is 0.966. The summed E-state index contributed by atoms with van der Waals surface area (Å²) < 4.78 is 0. The van der Waals surface area contributed by atoms with E-state index in [-0.39, 0.29) is 11.5 Å². The lowest BCUT2D eigenvalue weighted by Gasteiger charge is -2.30. The van der Waals surface area contributed by atoms with Gasteiger partial charge in [-0.3, -0.25) is 0 Å². The molecule has 0 amide bonds. The maximum atomic E-state index is 10.5. The van der Waals surface area contributed by atoms with Crippen molar-refractivity contribution in [3.05, 3.63) is 0 Å². The van der Waals surface area contributed by atoms with Crippen molar-refractivity contribution in [1.29, 1.82) is 0 Å². The average molecular weight is 141 g/mol. The monoisotopic (exact) mass is 141 g/mol. The first kappa shape index (κ1) is 7.73. The zero-order valence-electron chi connectivity index (χ0n) is 6.92. The summed E-state index contributed by atoms with van der Waals surface area (Å²) in [7, 11) is 2.07. The van der Waals surface area contributed by atoms with Gasteiger partial charge in [0.1, 0.15) is 6.29 Å². The number of hydrogen-bond donors (Lipinski definition) is 0. The van der Waals surface area contributed by atoms with Gasteiger partial charge in [0.05, 0.1) is 0 Å². The Bertz CT molecular complexity index is 142. The molecular weight excluding hydrogens is 126 g/mol. The van der Waals surface area contributed by atoms with Crippen molar-refractivity contribution in [3.8, 4) is 0 Å². The zero-order valence-corrected chi connectivity index (χ0v) is 6.92. The molecule has 0 aromatic carbocycles. The Kier molecular flexibility index (Phi) is 1.82. The van der Waals surface area contributed by atoms with Gasteiger partial charge in [-0.15, -0.1) is 0 Å². The van der Waals surface area contributed by atoms with Gasteiger partial charge in [-0.1, -0.05) is 0 Å². The number of aldehydes is 1. The van der Waals surface area contributed by atoms with E-state index < -0.39 is 0 Å². The minimum absolute atomic E-state index is 0.0851. The molecule has 0 aromatic heterocycles. The molecule has 0 aromatic rings. The first-order valence-electron chi connectivity index (χ1n) is 3.75. The van der Waals surface area contributed by atoms with Crippen molar-refractivity contribution in [2.75, 3.05) is 13.6 Å². The Morgan fingerprint density at radius 1 is 1.60 bits per heavy atom. The fourth-order valence-electron chi connectivity index (χ4n) is 1.49. The highest BCUT2D eigenvalue weighted by Gasteiger charge is 2.38. The van der Waals surface area contributed by atoms with Gasteiger partial charge in [0.2, 0.25) is 0 Å². The highest BCUT2D eigenvalue weighted by atomic mass is 16.1. The third-order valence-corrected chi connectivity index (χ3v) is 2.83. The standard InChI is InChI=1S/C8H15NO/c1-8(2)7(6-10)4-5-9(8)3/h6-7H,4-5H2,1-3H3. The van der Waals surface area contributed by atoms with Gasteiger partial charge < -0.3 is 9.69 Å². The molecule has 1 unspecified atom stereocenters. The Morgan fingerprint density at radius 2 is 2.20 bits per heavy atom. The van der Waals surface area contributed by atoms with Crippen LogP contribution in [0.2, 0.25) is 0 Å². The van der Waals surface area contributed by atoms with E-state index in [0.29, 0.717) is 0 Å². The SMILES string of the molecule is CN1CCC(C=O)C1(C)C. The van der Waals surface area contributed by atoms with E-state index in [1.54, 1.807) is 0 Å². The maximum Gasteiger partial charge on any atom is 0.124 e. The molecular formula is C8H15NO. The van der Waals surface area contributed by atoms with Crippen LogP contribution in [0.4, 0.5) is 0 Å². The van der Waals surface area contributed by atoms with Crippen molar-refractivity contribution in [3.63, 3.8) is 0 Å². The molecule has 1 rings (SSSR count). The number of carbonyl (C=O) groups excluding carboxylic acids is 1. The van der Waals surface area contributed by atoms with E-state index in [2.05, 4.69) is 25.8 Å². The van der Waals surface area contributed by atoms with Gasteiger partial charge in [0.15, 0.2) is 0 Å². The lowest BCUT2D eigenvalue weighted by Crippen LogP contribution is -2.40. The molecule has 0 radical (unpaired) electrons. The Labute approximate surface area is 62.2 Å². The van der Waals surface area contributed by atoms with Gasteiger partial charge in [0, 0.05) is 11.5 Å². The Hall–Kier alpha value is -0.370. The fourth-order valence-corrected chi connectivity index (χ4v) is 1.49. The van der Waals surface area contributed by atoms with E-state index in [4.69, 9.17) is 0 Å². The maximum absolute atomic E-state index is 10.5. The Balaban J connectivity index is 2.73. The highest BCUT2D eigenvalue weighted by molar-refractivity contribution is 5.56. The molecule has 1 atom stereocenters. The van der Waals surface area contributed by atoms with Crippen LogP contribution in [-0.4, -0.2) is 30.3 Å². The summed E-state index contributed by atoms with van der Waals surface area (Å²) in [6.07, 6.45) is 2.11. The molecule has 1 aliphatic rings. The number of likely N-dealkylation sites (tertiary alicyclic amines) is 1. The predicted molar refractivity (Wildman–Crippen MR) is 40.9 cm³/mol. The molecule has 0 N–H and O–H groups in total. The molecule has 1 aliphatic heterocycles. The van der Waals surface area contributed by atoms with Crippen LogP contribution >= 0.6 is 0 Å². The van der Waals surface area contributed by atoms with Crippen molar-refractivity contribution in [1.82, 2.24) is 4.90 Å². The second-order valence-corrected chi connectivity index (χ2v) is 3.61. The van der Waals surface area contributed by atoms with Crippen molar-refractivity contribution in [2.45, 2.75) is 25.8 Å². The van der Waals surface area contributed by atoms with Crippen molar-refractivity contribution < 1.29 is 4.79 Å². The van der Waals surface area contributed by atoms with E-state index in [1.165, 1.54) is 0 Å². The molecule has 2 heteroatoms. The normalized spacial score (nSPS) is 32.5. The van der Waals surface area contributed by atoms with Gasteiger partial charge in [-0.25, -0.2) is 0 Å². The average Bonchev–Trinajstić information content (AvgIpc) is 2.10. The first-order chi connectivity index (χ1) is 4.59. The van der Waals surface area contributed by atoms with Crippen LogP contribution in [0.5, 0.6) is 0 Å². The highest BCUT2D eigenvalue weighted by Crippen LogP contribution is 2.31. The molecule has 1 saturated heterocycles. The summed E-state index contributed by atoms with van der Waals surface area (Å²) in [5.41, 5.74) is 0.0851. The molecule has 2 nitrogen and oxygen atoms in total. The quantitative estimate of drug-likeness (QED) is 0.506. The topological polar surface area (TPSA) is 20.3 Å². The largest absolute Gasteiger partial charge is 0.303 e. The van der Waals surface area contributed by atoms with Gasteiger partial charge in [-0.2, -0.15) is 0 Å². The molecule has 0 bridgehead atoms. The van der Waals surface area contributed by atoms with Crippen LogP contribution in [0.3, 0.4) is 0 Å². The summed E-state index contributed by atoms with van der Waals surface area (Å²) in [6.45, 7) is 5.30. The molecule has 1 heterocycles. The van der Waals surface area contributed by atoms with Crippen LogP contribution in [0.25, 0.3) is 0 Å². The van der Waals surface area contributed by atoms with Crippen LogP contribution < -0.4 is 0 Å². The summed E-state index contributed by atoms with van der Waals surface area (Å²) in [4.78, 5) is 12.8. The molecule has 58 valence electrons. The number of nitrogens with zero attached hydrogens (tertiary/aromatic N) is 1. The molecule has 1 fully saturated rings. The lowest BCUT2D eigenvalue weighted by molar-refractivity contribution is -0.112. The molecule has 0 saturated carbocycles. The van der Waals surface area contributed by atoms with Gasteiger partial charge in [0.25, 0.3) is 0 Å². The second kappa shape index (κ2) is 2.35. The summed E-state index contributed by atoms with van der Waals surface area (Å²) in [5, 5.41) is 0. The third-order valence-electron chi connectivity index (χ3n) is 2.83. The first-order valence-corrected chi connectivity index (χ1v) is 3.75.